The van der Waals surface area contributed by atoms with E-state index in [0.717, 1.165) is 18.4 Å². The Bertz CT molecular complexity index is 1790. The van der Waals surface area contributed by atoms with E-state index < -0.39 is 5.82 Å². The van der Waals surface area contributed by atoms with Crippen LogP contribution in [0.3, 0.4) is 0 Å². The van der Waals surface area contributed by atoms with E-state index in [2.05, 4.69) is 20.7 Å². The summed E-state index contributed by atoms with van der Waals surface area (Å²) in [7, 11) is 1.76. The highest BCUT2D eigenvalue weighted by atomic mass is 19.1. The van der Waals surface area contributed by atoms with Crippen LogP contribution in [-0.2, 0) is 11.8 Å². The molecule has 2 atom stereocenters. The van der Waals surface area contributed by atoms with Crippen molar-refractivity contribution in [1.82, 2.24) is 24.5 Å². The van der Waals surface area contributed by atoms with Crippen LogP contribution in [0.4, 0.5) is 14.7 Å². The van der Waals surface area contributed by atoms with E-state index in [1.165, 1.54) is 22.7 Å². The summed E-state index contributed by atoms with van der Waals surface area (Å²) in [5.74, 6) is -1.07. The SMILES string of the molecule is CC(c1cccc(F)c1)[C@H](C)NC(=O)c1cn(C)c2cc(F)c(-c3ccn4nc(NC(=O)C5CC5)nc4c3)cc12. The van der Waals surface area contributed by atoms with Crippen LogP contribution in [0.25, 0.3) is 27.7 Å². The molecule has 8 nitrogen and oxygen atoms in total. The van der Waals surface area contributed by atoms with Crippen LogP contribution in [-0.4, -0.2) is 37.0 Å². The molecule has 204 valence electrons. The zero-order chi connectivity index (χ0) is 28.1. The Kier molecular flexibility index (Phi) is 6.32. The van der Waals surface area contributed by atoms with Gasteiger partial charge in [0.25, 0.3) is 5.91 Å². The third kappa shape index (κ3) is 4.81. The molecule has 0 radical (unpaired) electrons. The first kappa shape index (κ1) is 25.7. The number of aryl methyl sites for hydroxylation is 1. The molecule has 0 bridgehead atoms. The first-order valence-electron chi connectivity index (χ1n) is 13.2. The van der Waals surface area contributed by atoms with Crippen molar-refractivity contribution >= 4 is 34.3 Å². The summed E-state index contributed by atoms with van der Waals surface area (Å²) >= 11 is 0. The molecule has 2 aromatic carbocycles. The summed E-state index contributed by atoms with van der Waals surface area (Å²) in [4.78, 5) is 29.9. The Hall–Kier alpha value is -4.60. The van der Waals surface area contributed by atoms with Crippen molar-refractivity contribution in [2.24, 2.45) is 13.0 Å². The number of amides is 2. The predicted molar refractivity (Wildman–Crippen MR) is 148 cm³/mol. The minimum atomic E-state index is -0.445. The van der Waals surface area contributed by atoms with Gasteiger partial charge in [-0.05, 0) is 67.3 Å². The minimum absolute atomic E-state index is 0.0211. The maximum atomic E-state index is 15.4. The fourth-order valence-electron chi connectivity index (χ4n) is 4.95. The van der Waals surface area contributed by atoms with Gasteiger partial charge in [-0.3, -0.25) is 14.9 Å². The van der Waals surface area contributed by atoms with Gasteiger partial charge in [-0.1, -0.05) is 19.1 Å². The molecule has 2 amide bonds. The van der Waals surface area contributed by atoms with Gasteiger partial charge < -0.3 is 9.88 Å². The van der Waals surface area contributed by atoms with E-state index in [1.54, 1.807) is 48.3 Å². The van der Waals surface area contributed by atoms with E-state index in [0.29, 0.717) is 33.2 Å². The number of aromatic nitrogens is 4. The summed E-state index contributed by atoms with van der Waals surface area (Å²) in [6.45, 7) is 3.80. The van der Waals surface area contributed by atoms with Crippen molar-refractivity contribution < 1.29 is 18.4 Å². The summed E-state index contributed by atoms with van der Waals surface area (Å²) in [5, 5.41) is 10.6. The smallest absolute Gasteiger partial charge is 0.253 e. The molecular formula is C30H28F2N6O2. The van der Waals surface area contributed by atoms with Crippen LogP contribution in [0, 0.1) is 17.6 Å². The molecule has 6 rings (SSSR count). The van der Waals surface area contributed by atoms with Crippen LogP contribution in [0.5, 0.6) is 0 Å². The zero-order valence-corrected chi connectivity index (χ0v) is 22.3. The van der Waals surface area contributed by atoms with Crippen molar-refractivity contribution in [3.8, 4) is 11.1 Å². The van der Waals surface area contributed by atoms with Gasteiger partial charge in [0.15, 0.2) is 5.65 Å². The maximum Gasteiger partial charge on any atom is 0.253 e. The van der Waals surface area contributed by atoms with Crippen molar-refractivity contribution in [2.75, 3.05) is 5.32 Å². The lowest BCUT2D eigenvalue weighted by Crippen LogP contribution is -2.36. The number of carbonyl (C=O) groups is 2. The number of hydrogen-bond donors (Lipinski definition) is 2. The lowest BCUT2D eigenvalue weighted by molar-refractivity contribution is -0.117. The van der Waals surface area contributed by atoms with Crippen molar-refractivity contribution in [3.05, 3.63) is 83.7 Å². The number of hydrogen-bond acceptors (Lipinski definition) is 4. The highest BCUT2D eigenvalue weighted by Gasteiger charge is 2.30. The lowest BCUT2D eigenvalue weighted by Gasteiger charge is -2.21. The molecule has 5 aromatic rings. The Labute approximate surface area is 229 Å². The van der Waals surface area contributed by atoms with Crippen molar-refractivity contribution in [3.63, 3.8) is 0 Å². The molecule has 3 aromatic heterocycles. The number of benzene rings is 2. The normalized spacial score (nSPS) is 14.8. The third-order valence-corrected chi connectivity index (χ3v) is 7.64. The highest BCUT2D eigenvalue weighted by Crippen LogP contribution is 2.32. The van der Waals surface area contributed by atoms with Crippen LogP contribution < -0.4 is 10.6 Å². The van der Waals surface area contributed by atoms with Crippen molar-refractivity contribution in [2.45, 2.75) is 38.6 Å². The number of rotatable bonds is 7. The van der Waals surface area contributed by atoms with E-state index in [4.69, 9.17) is 0 Å². The van der Waals surface area contributed by atoms with Gasteiger partial charge in [-0.25, -0.2) is 13.3 Å². The van der Waals surface area contributed by atoms with Gasteiger partial charge in [0.05, 0.1) is 11.1 Å². The second-order valence-electron chi connectivity index (χ2n) is 10.5. The van der Waals surface area contributed by atoms with Crippen LogP contribution >= 0.6 is 0 Å². The molecule has 0 spiro atoms. The second-order valence-corrected chi connectivity index (χ2v) is 10.5. The topological polar surface area (TPSA) is 93.3 Å². The number of nitrogens with one attached hydrogen (secondary N) is 2. The number of halogens is 2. The summed E-state index contributed by atoms with van der Waals surface area (Å²) in [5.41, 5.74) is 3.09. The summed E-state index contributed by atoms with van der Waals surface area (Å²) < 4.78 is 32.3. The number of anilines is 1. The number of pyridine rings is 1. The quantitative estimate of drug-likeness (QED) is 0.287. The molecule has 1 fully saturated rings. The molecule has 40 heavy (non-hydrogen) atoms. The third-order valence-electron chi connectivity index (χ3n) is 7.64. The second kappa shape index (κ2) is 9.86. The molecular weight excluding hydrogens is 514 g/mol. The first-order valence-corrected chi connectivity index (χ1v) is 13.2. The monoisotopic (exact) mass is 542 g/mol. The average Bonchev–Trinajstić information content (AvgIpc) is 3.63. The number of nitrogens with zero attached hydrogens (tertiary/aromatic N) is 4. The van der Waals surface area contributed by atoms with Crippen LogP contribution in [0.2, 0.25) is 0 Å². The van der Waals surface area contributed by atoms with Gasteiger partial charge in [-0.15, -0.1) is 5.10 Å². The minimum Gasteiger partial charge on any atom is -0.350 e. The Morgan fingerprint density at radius 2 is 1.88 bits per heavy atom. The number of carbonyl (C=O) groups excluding carboxylic acids is 2. The molecule has 2 N–H and O–H groups in total. The van der Waals surface area contributed by atoms with Gasteiger partial charge in [0, 0.05) is 48.3 Å². The van der Waals surface area contributed by atoms with Crippen LogP contribution in [0.1, 0.15) is 48.5 Å². The zero-order valence-electron chi connectivity index (χ0n) is 22.3. The molecule has 0 aliphatic heterocycles. The van der Waals surface area contributed by atoms with Gasteiger partial charge in [0.2, 0.25) is 11.9 Å². The molecule has 1 aliphatic rings. The molecule has 0 saturated heterocycles. The van der Waals surface area contributed by atoms with Gasteiger partial charge in [-0.2, -0.15) is 4.98 Å². The molecule has 10 heteroatoms. The summed E-state index contributed by atoms with van der Waals surface area (Å²) in [6, 6.07) is 12.5. The Morgan fingerprint density at radius 1 is 1.07 bits per heavy atom. The highest BCUT2D eigenvalue weighted by molar-refractivity contribution is 6.08. The van der Waals surface area contributed by atoms with E-state index in [1.807, 2.05) is 19.9 Å². The Balaban J connectivity index is 1.30. The van der Waals surface area contributed by atoms with Gasteiger partial charge in [0.1, 0.15) is 11.6 Å². The fraction of sp³-hybridized carbons (Fsp3) is 0.267. The van der Waals surface area contributed by atoms with E-state index >= 15 is 4.39 Å². The number of fused-ring (bicyclic) bond motifs is 2. The fourth-order valence-corrected chi connectivity index (χ4v) is 4.95. The standard InChI is InChI=1S/C30H28F2N6O2/c1-16(19-5-4-6-21(31)11-19)17(2)33-29(40)24-15-37(3)26-14-25(32)22(13-23(24)26)20-9-10-38-27(12-20)34-30(36-38)35-28(39)18-7-8-18/h4-6,9-18H,7-8H2,1-3H3,(H,33,40)(H,35,36,39)/t16?,17-/m0/s1. The lowest BCUT2D eigenvalue weighted by atomic mass is 9.94. The van der Waals surface area contributed by atoms with E-state index in [9.17, 15) is 14.0 Å². The van der Waals surface area contributed by atoms with Gasteiger partial charge >= 0.3 is 0 Å². The molecule has 1 saturated carbocycles. The average molecular weight is 543 g/mol. The molecule has 1 unspecified atom stereocenters. The van der Waals surface area contributed by atoms with E-state index in [-0.39, 0.29) is 41.5 Å². The predicted octanol–water partition coefficient (Wildman–Crippen LogP) is 5.44. The summed E-state index contributed by atoms with van der Waals surface area (Å²) in [6.07, 6.45) is 5.08. The van der Waals surface area contributed by atoms with Crippen molar-refractivity contribution in [1.29, 1.82) is 0 Å². The van der Waals surface area contributed by atoms with Crippen LogP contribution in [0.15, 0.2) is 60.9 Å². The first-order chi connectivity index (χ1) is 19.2. The molecule has 1 aliphatic carbocycles. The maximum absolute atomic E-state index is 15.4. The Morgan fingerprint density at radius 3 is 2.62 bits per heavy atom. The largest absolute Gasteiger partial charge is 0.350 e. The molecule has 3 heterocycles.